The van der Waals surface area contributed by atoms with Crippen molar-refractivity contribution in [3.63, 3.8) is 0 Å². The molecule has 1 unspecified atom stereocenters. The molecule has 1 aliphatic heterocycles. The van der Waals surface area contributed by atoms with E-state index in [0.29, 0.717) is 23.5 Å². The average molecular weight is 358 g/mol. The number of carbonyl (C=O) groups excluding carboxylic acids is 2. The van der Waals surface area contributed by atoms with Gasteiger partial charge >= 0.3 is 11.8 Å². The normalized spacial score (nSPS) is 18.4. The van der Waals surface area contributed by atoms with Gasteiger partial charge in [0.05, 0.1) is 13.2 Å². The first-order valence-corrected chi connectivity index (χ1v) is 8.19. The Kier molecular flexibility index (Phi) is 4.90. The molecule has 3 rings (SSSR count). The lowest BCUT2D eigenvalue weighted by Gasteiger charge is -2.34. The fourth-order valence-electron chi connectivity index (χ4n) is 2.79. The van der Waals surface area contributed by atoms with Gasteiger partial charge in [0.25, 0.3) is 0 Å². The van der Waals surface area contributed by atoms with Crippen LogP contribution in [0.2, 0.25) is 0 Å². The van der Waals surface area contributed by atoms with Gasteiger partial charge in [-0.2, -0.15) is 0 Å². The van der Waals surface area contributed by atoms with E-state index in [1.165, 1.54) is 12.1 Å². The lowest BCUT2D eigenvalue weighted by molar-refractivity contribution is -0.137. The first-order chi connectivity index (χ1) is 12.4. The summed E-state index contributed by atoms with van der Waals surface area (Å²) < 4.78 is 19.0. The van der Waals surface area contributed by atoms with Crippen LogP contribution >= 0.6 is 0 Å². The number of aliphatic hydroxyl groups is 1. The van der Waals surface area contributed by atoms with Gasteiger partial charge in [-0.3, -0.25) is 9.59 Å². The Bertz CT molecular complexity index is 855. The maximum absolute atomic E-state index is 13.5. The molecule has 2 aromatic rings. The zero-order chi connectivity index (χ0) is 18.7. The number of hydrogen-bond donors (Lipinski definition) is 3. The summed E-state index contributed by atoms with van der Waals surface area (Å²) in [5.74, 6) is -1.77. The first kappa shape index (κ1) is 17.9. The van der Waals surface area contributed by atoms with E-state index >= 15 is 0 Å². The molecule has 0 bridgehead atoms. The predicted octanol–water partition coefficient (Wildman–Crippen LogP) is 1.86. The molecular weight excluding hydrogens is 339 g/mol. The molecule has 0 fully saturated rings. The van der Waals surface area contributed by atoms with Crippen molar-refractivity contribution < 1.29 is 23.8 Å². The molecular formula is C19H19FN2O4. The molecule has 2 aromatic carbocycles. The van der Waals surface area contributed by atoms with Gasteiger partial charge in [0.2, 0.25) is 0 Å². The standard InChI is InChI=1S/C19H19FN2O4/c1-12-6-7-13(10-15(12)20)22-18(24)17(23)21-11-19(25)8-9-26-16-5-3-2-4-14(16)19/h2-7,10,25H,8-9,11H2,1H3,(H,21,23)(H,22,24). The minimum absolute atomic E-state index is 0.137. The molecule has 0 aliphatic carbocycles. The zero-order valence-electron chi connectivity index (χ0n) is 14.2. The molecule has 0 saturated carbocycles. The second-order valence-corrected chi connectivity index (χ2v) is 6.23. The second kappa shape index (κ2) is 7.13. The van der Waals surface area contributed by atoms with Gasteiger partial charge < -0.3 is 20.5 Å². The quantitative estimate of drug-likeness (QED) is 0.731. The fraction of sp³-hybridized carbons (Fsp3) is 0.263. The highest BCUT2D eigenvalue weighted by Crippen LogP contribution is 2.36. The molecule has 1 aliphatic rings. The van der Waals surface area contributed by atoms with Crippen LogP contribution in [0.25, 0.3) is 0 Å². The van der Waals surface area contributed by atoms with Crippen molar-refractivity contribution in [2.75, 3.05) is 18.5 Å². The van der Waals surface area contributed by atoms with Crippen LogP contribution in [0.1, 0.15) is 17.5 Å². The third-order valence-corrected chi connectivity index (χ3v) is 4.34. The molecule has 2 amide bonds. The smallest absolute Gasteiger partial charge is 0.313 e. The van der Waals surface area contributed by atoms with Crippen molar-refractivity contribution in [3.05, 3.63) is 59.4 Å². The van der Waals surface area contributed by atoms with Crippen LogP contribution in [0.5, 0.6) is 5.75 Å². The summed E-state index contributed by atoms with van der Waals surface area (Å²) in [6.45, 7) is 1.76. The van der Waals surface area contributed by atoms with Gasteiger partial charge in [0.15, 0.2) is 0 Å². The van der Waals surface area contributed by atoms with Crippen molar-refractivity contribution in [1.82, 2.24) is 5.32 Å². The van der Waals surface area contributed by atoms with Crippen molar-refractivity contribution >= 4 is 17.5 Å². The van der Waals surface area contributed by atoms with E-state index < -0.39 is 23.2 Å². The predicted molar refractivity (Wildman–Crippen MR) is 93.2 cm³/mol. The molecule has 7 heteroatoms. The zero-order valence-corrected chi connectivity index (χ0v) is 14.2. The van der Waals surface area contributed by atoms with Gasteiger partial charge in [-0.15, -0.1) is 0 Å². The maximum Gasteiger partial charge on any atom is 0.313 e. The average Bonchev–Trinajstić information content (AvgIpc) is 2.63. The summed E-state index contributed by atoms with van der Waals surface area (Å²) >= 11 is 0. The number of carbonyl (C=O) groups is 2. The van der Waals surface area contributed by atoms with Crippen LogP contribution in [0, 0.1) is 12.7 Å². The molecule has 1 atom stereocenters. The summed E-state index contributed by atoms with van der Waals surface area (Å²) in [5.41, 5.74) is -0.135. The highest BCUT2D eigenvalue weighted by molar-refractivity contribution is 6.39. The third-order valence-electron chi connectivity index (χ3n) is 4.34. The number of hydrogen-bond acceptors (Lipinski definition) is 4. The van der Waals surface area contributed by atoms with Crippen molar-refractivity contribution in [3.8, 4) is 5.75 Å². The van der Waals surface area contributed by atoms with E-state index in [0.717, 1.165) is 6.07 Å². The summed E-state index contributed by atoms with van der Waals surface area (Å²) in [7, 11) is 0. The number of fused-ring (bicyclic) bond motifs is 1. The van der Waals surface area contributed by atoms with Crippen LogP contribution in [0.4, 0.5) is 10.1 Å². The Morgan fingerprint density at radius 3 is 2.77 bits per heavy atom. The van der Waals surface area contributed by atoms with Crippen LogP contribution in [0.15, 0.2) is 42.5 Å². The number of halogens is 1. The van der Waals surface area contributed by atoms with Crippen LogP contribution in [0.3, 0.4) is 0 Å². The maximum atomic E-state index is 13.5. The van der Waals surface area contributed by atoms with Crippen LogP contribution < -0.4 is 15.4 Å². The van der Waals surface area contributed by atoms with Gasteiger partial charge in [0, 0.05) is 17.7 Å². The Labute approximate surface area is 150 Å². The highest BCUT2D eigenvalue weighted by atomic mass is 19.1. The molecule has 0 radical (unpaired) electrons. The van der Waals surface area contributed by atoms with Crippen LogP contribution in [-0.4, -0.2) is 30.1 Å². The third kappa shape index (κ3) is 3.67. The number of anilines is 1. The van der Waals surface area contributed by atoms with Gasteiger partial charge in [-0.25, -0.2) is 4.39 Å². The van der Waals surface area contributed by atoms with E-state index in [1.54, 1.807) is 31.2 Å². The molecule has 26 heavy (non-hydrogen) atoms. The van der Waals surface area contributed by atoms with E-state index in [4.69, 9.17) is 4.74 Å². The molecule has 0 aromatic heterocycles. The Morgan fingerprint density at radius 2 is 2.00 bits per heavy atom. The fourth-order valence-corrected chi connectivity index (χ4v) is 2.79. The van der Waals surface area contributed by atoms with Gasteiger partial charge in [-0.1, -0.05) is 24.3 Å². The van der Waals surface area contributed by atoms with E-state index in [2.05, 4.69) is 10.6 Å². The van der Waals surface area contributed by atoms with E-state index in [1.807, 2.05) is 0 Å². The van der Waals surface area contributed by atoms with E-state index in [-0.39, 0.29) is 18.7 Å². The van der Waals surface area contributed by atoms with Gasteiger partial charge in [-0.05, 0) is 30.7 Å². The van der Waals surface area contributed by atoms with E-state index in [9.17, 15) is 19.1 Å². The summed E-state index contributed by atoms with van der Waals surface area (Å²) in [6, 6.07) is 11.2. The summed E-state index contributed by atoms with van der Waals surface area (Å²) in [6.07, 6.45) is 0.287. The van der Waals surface area contributed by atoms with Gasteiger partial charge in [0.1, 0.15) is 17.2 Å². The lowest BCUT2D eigenvalue weighted by atomic mass is 9.88. The number of aryl methyl sites for hydroxylation is 1. The number of nitrogens with one attached hydrogen (secondary N) is 2. The number of ether oxygens (including phenoxy) is 1. The van der Waals surface area contributed by atoms with Crippen molar-refractivity contribution in [1.29, 1.82) is 0 Å². The number of amides is 2. The topological polar surface area (TPSA) is 87.7 Å². The summed E-state index contributed by atoms with van der Waals surface area (Å²) in [4.78, 5) is 24.0. The number of para-hydroxylation sites is 1. The Balaban J connectivity index is 1.63. The molecule has 0 saturated heterocycles. The largest absolute Gasteiger partial charge is 0.493 e. The summed E-state index contributed by atoms with van der Waals surface area (Å²) in [5, 5.41) is 15.6. The Morgan fingerprint density at radius 1 is 1.23 bits per heavy atom. The van der Waals surface area contributed by atoms with Crippen molar-refractivity contribution in [2.45, 2.75) is 18.9 Å². The highest BCUT2D eigenvalue weighted by Gasteiger charge is 2.36. The minimum Gasteiger partial charge on any atom is -0.493 e. The molecule has 136 valence electrons. The molecule has 0 spiro atoms. The molecule has 6 nitrogen and oxygen atoms in total. The Hall–Kier alpha value is -2.93. The second-order valence-electron chi connectivity index (χ2n) is 6.23. The SMILES string of the molecule is Cc1ccc(NC(=O)C(=O)NCC2(O)CCOc3ccccc32)cc1F. The molecule has 3 N–H and O–H groups in total. The van der Waals surface area contributed by atoms with Crippen molar-refractivity contribution in [2.24, 2.45) is 0 Å². The first-order valence-electron chi connectivity index (χ1n) is 8.19. The minimum atomic E-state index is -1.32. The van der Waals surface area contributed by atoms with Crippen LogP contribution in [-0.2, 0) is 15.2 Å². The number of benzene rings is 2. The molecule has 1 heterocycles. The lowest BCUT2D eigenvalue weighted by Crippen LogP contribution is -2.46. The number of rotatable bonds is 3. The monoisotopic (exact) mass is 358 g/mol.